The van der Waals surface area contributed by atoms with Gasteiger partial charge in [0.25, 0.3) is 10.0 Å². The molecule has 42 heavy (non-hydrogen) atoms. The number of carbonyl (C=O) groups is 2. The predicted molar refractivity (Wildman–Crippen MR) is 164 cm³/mol. The molecule has 0 aliphatic rings. The number of nitrogens with zero attached hydrogens (tertiary/aromatic N) is 2. The quantitative estimate of drug-likeness (QED) is 0.252. The maximum absolute atomic E-state index is 14.0. The van der Waals surface area contributed by atoms with E-state index in [1.807, 2.05) is 68.4 Å². The van der Waals surface area contributed by atoms with E-state index in [0.717, 1.165) is 21.0 Å². The Morgan fingerprint density at radius 2 is 1.33 bits per heavy atom. The highest BCUT2D eigenvalue weighted by atomic mass is 32.2. The van der Waals surface area contributed by atoms with Gasteiger partial charge in [0.2, 0.25) is 11.8 Å². The summed E-state index contributed by atoms with van der Waals surface area (Å²) in [6.07, 6.45) is 0. The van der Waals surface area contributed by atoms with Crippen LogP contribution in [0.15, 0.2) is 108 Å². The summed E-state index contributed by atoms with van der Waals surface area (Å²) in [6.45, 7) is 5.08. The van der Waals surface area contributed by atoms with E-state index in [0.29, 0.717) is 11.5 Å². The lowest BCUT2D eigenvalue weighted by Gasteiger charge is -2.31. The minimum absolute atomic E-state index is 0.0509. The summed E-state index contributed by atoms with van der Waals surface area (Å²) >= 11 is 0. The predicted octanol–water partition coefficient (Wildman–Crippen LogP) is 5.45. The van der Waals surface area contributed by atoms with Crippen molar-refractivity contribution in [1.29, 1.82) is 0 Å². The lowest BCUT2D eigenvalue weighted by molar-refractivity contribution is -0.139. The number of hydrogen-bond donors (Lipinski definition) is 1. The fourth-order valence-electron chi connectivity index (χ4n) is 4.35. The van der Waals surface area contributed by atoms with Crippen LogP contribution in [0.5, 0.6) is 11.5 Å². The van der Waals surface area contributed by atoms with Crippen LogP contribution in [0.1, 0.15) is 23.6 Å². The number of amides is 2. The fourth-order valence-corrected chi connectivity index (χ4v) is 5.77. The molecule has 0 saturated carbocycles. The summed E-state index contributed by atoms with van der Waals surface area (Å²) in [7, 11) is -2.66. The van der Waals surface area contributed by atoms with E-state index in [4.69, 9.17) is 4.74 Å². The molecular formula is C33H35N3O5S. The van der Waals surface area contributed by atoms with Gasteiger partial charge in [-0.3, -0.25) is 13.9 Å². The van der Waals surface area contributed by atoms with Gasteiger partial charge in [-0.25, -0.2) is 8.42 Å². The van der Waals surface area contributed by atoms with Crippen LogP contribution < -0.4 is 14.4 Å². The van der Waals surface area contributed by atoms with E-state index in [9.17, 15) is 18.0 Å². The molecule has 4 rings (SSSR count). The summed E-state index contributed by atoms with van der Waals surface area (Å²) in [4.78, 5) is 28.0. The van der Waals surface area contributed by atoms with Crippen molar-refractivity contribution in [3.63, 3.8) is 0 Å². The van der Waals surface area contributed by atoms with Crippen LogP contribution >= 0.6 is 0 Å². The third kappa shape index (κ3) is 7.36. The van der Waals surface area contributed by atoms with Gasteiger partial charge in [0.05, 0.1) is 10.6 Å². The second-order valence-corrected chi connectivity index (χ2v) is 11.9. The maximum Gasteiger partial charge on any atom is 0.264 e. The summed E-state index contributed by atoms with van der Waals surface area (Å²) < 4.78 is 34.9. The van der Waals surface area contributed by atoms with Crippen LogP contribution in [0, 0.1) is 13.8 Å². The molecule has 0 radical (unpaired) electrons. The zero-order valence-corrected chi connectivity index (χ0v) is 25.0. The standard InChI is InChI=1S/C33H35N3O5S/c1-24-10-14-27(15-11-24)22-35(26(3)33(38)34-4)32(37)23-36(42(39,40)31-20-12-25(2)13-21-31)28-16-18-30(19-17-28)41-29-8-6-5-7-9-29/h5-21,26H,22-23H2,1-4H3,(H,34,38)/t26-/m0/s1. The van der Waals surface area contributed by atoms with Crippen LogP contribution in [0.25, 0.3) is 0 Å². The Kier molecular flexibility index (Phi) is 9.64. The summed E-state index contributed by atoms with van der Waals surface area (Å²) in [6, 6.07) is 29.0. The minimum atomic E-state index is -4.16. The highest BCUT2D eigenvalue weighted by Gasteiger charge is 2.32. The van der Waals surface area contributed by atoms with Gasteiger partial charge in [0.1, 0.15) is 24.1 Å². The van der Waals surface area contributed by atoms with Crippen LogP contribution in [0.3, 0.4) is 0 Å². The number of para-hydroxylation sites is 1. The zero-order chi connectivity index (χ0) is 30.3. The van der Waals surface area contributed by atoms with E-state index < -0.39 is 28.5 Å². The molecule has 218 valence electrons. The SMILES string of the molecule is CNC(=O)[C@H](C)N(Cc1ccc(C)cc1)C(=O)CN(c1ccc(Oc2ccccc2)cc1)S(=O)(=O)c1ccc(C)cc1. The molecule has 0 aromatic heterocycles. The molecule has 0 bridgehead atoms. The molecule has 0 unspecified atom stereocenters. The van der Waals surface area contributed by atoms with Crippen molar-refractivity contribution in [2.75, 3.05) is 17.9 Å². The molecule has 0 heterocycles. The average molecular weight is 586 g/mol. The zero-order valence-electron chi connectivity index (χ0n) is 24.2. The topological polar surface area (TPSA) is 96.0 Å². The molecule has 0 aliphatic carbocycles. The second kappa shape index (κ2) is 13.4. The Balaban J connectivity index is 1.69. The van der Waals surface area contributed by atoms with Gasteiger partial charge >= 0.3 is 0 Å². The summed E-state index contributed by atoms with van der Waals surface area (Å²) in [5, 5.41) is 2.59. The molecule has 0 spiro atoms. The van der Waals surface area contributed by atoms with Crippen LogP contribution in [-0.2, 0) is 26.2 Å². The smallest absolute Gasteiger partial charge is 0.264 e. The molecule has 9 heteroatoms. The highest BCUT2D eigenvalue weighted by molar-refractivity contribution is 7.92. The number of likely N-dealkylation sites (N-methyl/N-ethyl adjacent to an activating group) is 1. The van der Waals surface area contributed by atoms with Gasteiger partial charge in [-0.2, -0.15) is 0 Å². The number of benzene rings is 4. The largest absolute Gasteiger partial charge is 0.457 e. The van der Waals surface area contributed by atoms with E-state index in [1.54, 1.807) is 43.3 Å². The summed E-state index contributed by atoms with van der Waals surface area (Å²) in [5.41, 5.74) is 3.07. The first kappa shape index (κ1) is 30.3. The number of ether oxygens (including phenoxy) is 1. The normalized spacial score (nSPS) is 11.8. The molecule has 1 N–H and O–H groups in total. The van der Waals surface area contributed by atoms with Gasteiger partial charge in [-0.05, 0) is 74.9 Å². The number of rotatable bonds is 11. The van der Waals surface area contributed by atoms with E-state index in [1.165, 1.54) is 24.1 Å². The molecule has 1 atom stereocenters. The Bertz CT molecular complexity index is 1610. The van der Waals surface area contributed by atoms with Gasteiger partial charge in [-0.15, -0.1) is 0 Å². The fraction of sp³-hybridized carbons (Fsp3) is 0.212. The highest BCUT2D eigenvalue weighted by Crippen LogP contribution is 2.28. The Morgan fingerprint density at radius 1 is 0.786 bits per heavy atom. The van der Waals surface area contributed by atoms with Gasteiger partial charge in [0.15, 0.2) is 0 Å². The lowest BCUT2D eigenvalue weighted by Crippen LogP contribution is -2.50. The second-order valence-electron chi connectivity index (χ2n) is 10.0. The van der Waals surface area contributed by atoms with Gasteiger partial charge in [0, 0.05) is 13.6 Å². The third-order valence-corrected chi connectivity index (χ3v) is 8.67. The van der Waals surface area contributed by atoms with Crippen molar-refractivity contribution in [1.82, 2.24) is 10.2 Å². The van der Waals surface area contributed by atoms with E-state index in [-0.39, 0.29) is 23.0 Å². The maximum atomic E-state index is 14.0. The molecule has 4 aromatic rings. The first-order valence-corrected chi connectivity index (χ1v) is 15.0. The molecule has 0 aliphatic heterocycles. The monoisotopic (exact) mass is 585 g/mol. The first-order chi connectivity index (χ1) is 20.1. The lowest BCUT2D eigenvalue weighted by atomic mass is 10.1. The number of sulfonamides is 1. The van der Waals surface area contributed by atoms with Crippen molar-refractivity contribution in [2.45, 2.75) is 38.3 Å². The van der Waals surface area contributed by atoms with Crippen LogP contribution in [-0.4, -0.2) is 44.8 Å². The van der Waals surface area contributed by atoms with Crippen molar-refractivity contribution in [3.8, 4) is 11.5 Å². The molecule has 8 nitrogen and oxygen atoms in total. The van der Waals surface area contributed by atoms with Crippen LogP contribution in [0.4, 0.5) is 5.69 Å². The number of anilines is 1. The van der Waals surface area contributed by atoms with Crippen LogP contribution in [0.2, 0.25) is 0 Å². The van der Waals surface area contributed by atoms with E-state index in [2.05, 4.69) is 5.32 Å². The number of nitrogens with one attached hydrogen (secondary N) is 1. The molecule has 2 amide bonds. The molecule has 4 aromatic carbocycles. The molecular weight excluding hydrogens is 550 g/mol. The van der Waals surface area contributed by atoms with Gasteiger partial charge in [-0.1, -0.05) is 65.7 Å². The molecule has 0 saturated heterocycles. The van der Waals surface area contributed by atoms with Crippen molar-refractivity contribution in [2.24, 2.45) is 0 Å². The molecule has 0 fully saturated rings. The minimum Gasteiger partial charge on any atom is -0.457 e. The Morgan fingerprint density at radius 3 is 1.90 bits per heavy atom. The number of carbonyl (C=O) groups excluding carboxylic acids is 2. The van der Waals surface area contributed by atoms with Crippen molar-refractivity contribution < 1.29 is 22.7 Å². The Hall–Kier alpha value is -4.63. The third-order valence-electron chi connectivity index (χ3n) is 6.88. The van der Waals surface area contributed by atoms with E-state index >= 15 is 0 Å². The number of hydrogen-bond acceptors (Lipinski definition) is 5. The number of aryl methyl sites for hydroxylation is 2. The first-order valence-electron chi connectivity index (χ1n) is 13.6. The average Bonchev–Trinajstić information content (AvgIpc) is 3.00. The Labute approximate surface area is 247 Å². The van der Waals surface area contributed by atoms with Crippen molar-refractivity contribution in [3.05, 3.63) is 120 Å². The van der Waals surface area contributed by atoms with Crippen molar-refractivity contribution >= 4 is 27.5 Å². The summed E-state index contributed by atoms with van der Waals surface area (Å²) in [5.74, 6) is 0.274. The van der Waals surface area contributed by atoms with Gasteiger partial charge < -0.3 is 15.0 Å².